The summed E-state index contributed by atoms with van der Waals surface area (Å²) in [5.41, 5.74) is 1.43. The number of piperidine rings is 1. The molecule has 3 nitrogen and oxygen atoms in total. The zero-order valence-corrected chi connectivity index (χ0v) is 8.15. The molecule has 0 spiro atoms. The lowest BCUT2D eigenvalue weighted by Crippen LogP contribution is -2.89. The highest BCUT2D eigenvalue weighted by atomic mass is 16.1. The fourth-order valence-corrected chi connectivity index (χ4v) is 2.86. The third kappa shape index (κ3) is 1.12. The molecule has 1 fully saturated rings. The molecule has 0 aromatic carbocycles. The van der Waals surface area contributed by atoms with Crippen LogP contribution in [0.4, 0.5) is 0 Å². The van der Waals surface area contributed by atoms with Gasteiger partial charge in [0.1, 0.15) is 0 Å². The highest BCUT2D eigenvalue weighted by Crippen LogP contribution is 2.29. The van der Waals surface area contributed by atoms with Crippen molar-refractivity contribution >= 4 is 0 Å². The molecule has 2 aliphatic heterocycles. The van der Waals surface area contributed by atoms with Gasteiger partial charge in [0.05, 0.1) is 13.1 Å². The Morgan fingerprint density at radius 1 is 1.36 bits per heavy atom. The van der Waals surface area contributed by atoms with Crippen molar-refractivity contribution in [2.45, 2.75) is 18.9 Å². The Morgan fingerprint density at radius 3 is 3.21 bits per heavy atom. The lowest BCUT2D eigenvalue weighted by Gasteiger charge is -2.35. The summed E-state index contributed by atoms with van der Waals surface area (Å²) >= 11 is 0. The van der Waals surface area contributed by atoms with Crippen LogP contribution in [-0.2, 0) is 6.54 Å². The van der Waals surface area contributed by atoms with E-state index in [9.17, 15) is 4.79 Å². The van der Waals surface area contributed by atoms with Gasteiger partial charge in [-0.2, -0.15) is 0 Å². The molecule has 1 aromatic rings. The van der Waals surface area contributed by atoms with E-state index in [2.05, 4.69) is 11.4 Å². The minimum Gasteiger partial charge on any atom is -0.345 e. The monoisotopic (exact) mass is 191 g/mol. The van der Waals surface area contributed by atoms with Gasteiger partial charge in [-0.3, -0.25) is 4.79 Å². The van der Waals surface area contributed by atoms with E-state index in [0.29, 0.717) is 11.8 Å². The normalized spacial score (nSPS) is 29.7. The summed E-state index contributed by atoms with van der Waals surface area (Å²) in [6, 6.07) is 5.68. The quantitative estimate of drug-likeness (QED) is 0.591. The zero-order chi connectivity index (χ0) is 9.54. The standard InChI is InChI=1S/C11H14N2O/c14-11-3-1-2-10-9-4-8(5-12-6-9)7-13(10)11/h1-3,8-9,12H,4-7H2/p+1/t8-,9+/m1/s1. The van der Waals surface area contributed by atoms with E-state index in [0.717, 1.165) is 13.1 Å². The van der Waals surface area contributed by atoms with Gasteiger partial charge in [-0.15, -0.1) is 0 Å². The second kappa shape index (κ2) is 2.95. The van der Waals surface area contributed by atoms with E-state index in [1.165, 1.54) is 18.7 Å². The number of quaternary nitrogens is 1. The van der Waals surface area contributed by atoms with Crippen LogP contribution >= 0.6 is 0 Å². The summed E-state index contributed by atoms with van der Waals surface area (Å²) in [7, 11) is 0. The van der Waals surface area contributed by atoms with Gasteiger partial charge in [-0.1, -0.05) is 6.07 Å². The maximum absolute atomic E-state index is 11.6. The Hall–Kier alpha value is -1.09. The largest absolute Gasteiger partial charge is 0.345 e. The van der Waals surface area contributed by atoms with Crippen LogP contribution in [0.2, 0.25) is 0 Å². The highest BCUT2D eigenvalue weighted by molar-refractivity contribution is 5.15. The molecule has 0 radical (unpaired) electrons. The van der Waals surface area contributed by atoms with Crippen LogP contribution in [0.25, 0.3) is 0 Å². The summed E-state index contributed by atoms with van der Waals surface area (Å²) in [6.07, 6.45) is 1.28. The molecule has 14 heavy (non-hydrogen) atoms. The van der Waals surface area contributed by atoms with Gasteiger partial charge in [0, 0.05) is 30.1 Å². The van der Waals surface area contributed by atoms with Crippen molar-refractivity contribution < 1.29 is 5.32 Å². The van der Waals surface area contributed by atoms with Crippen molar-refractivity contribution in [2.75, 3.05) is 13.1 Å². The van der Waals surface area contributed by atoms with Gasteiger partial charge in [0.25, 0.3) is 5.56 Å². The van der Waals surface area contributed by atoms with E-state index in [1.54, 1.807) is 6.07 Å². The molecule has 2 atom stereocenters. The van der Waals surface area contributed by atoms with Crippen molar-refractivity contribution in [3.8, 4) is 0 Å². The number of hydrogen-bond acceptors (Lipinski definition) is 1. The molecule has 1 saturated heterocycles. The molecule has 2 bridgehead atoms. The van der Waals surface area contributed by atoms with Crippen molar-refractivity contribution in [1.29, 1.82) is 0 Å². The van der Waals surface area contributed by atoms with Crippen molar-refractivity contribution in [3.63, 3.8) is 0 Å². The van der Waals surface area contributed by atoms with Crippen LogP contribution < -0.4 is 10.9 Å². The van der Waals surface area contributed by atoms with E-state index >= 15 is 0 Å². The van der Waals surface area contributed by atoms with Crippen molar-refractivity contribution in [1.82, 2.24) is 4.57 Å². The van der Waals surface area contributed by atoms with Gasteiger partial charge in [-0.25, -0.2) is 0 Å². The fraction of sp³-hybridized carbons (Fsp3) is 0.545. The van der Waals surface area contributed by atoms with E-state index in [-0.39, 0.29) is 5.56 Å². The second-order valence-corrected chi connectivity index (χ2v) is 4.46. The zero-order valence-electron chi connectivity index (χ0n) is 8.15. The molecular weight excluding hydrogens is 176 g/mol. The van der Waals surface area contributed by atoms with Crippen LogP contribution in [0.1, 0.15) is 18.0 Å². The average Bonchev–Trinajstić information content (AvgIpc) is 2.20. The van der Waals surface area contributed by atoms with Gasteiger partial charge >= 0.3 is 0 Å². The van der Waals surface area contributed by atoms with Crippen LogP contribution in [0.5, 0.6) is 0 Å². The summed E-state index contributed by atoms with van der Waals surface area (Å²) < 4.78 is 1.98. The van der Waals surface area contributed by atoms with Crippen LogP contribution in [0, 0.1) is 5.92 Å². The molecule has 0 aliphatic carbocycles. The third-order valence-corrected chi connectivity index (χ3v) is 3.51. The molecule has 3 heteroatoms. The highest BCUT2D eigenvalue weighted by Gasteiger charge is 2.32. The third-order valence-electron chi connectivity index (χ3n) is 3.51. The minimum atomic E-state index is 0.180. The molecule has 1 aromatic heterocycles. The number of nitrogens with two attached hydrogens (primary N) is 1. The number of fused-ring (bicyclic) bond motifs is 4. The molecule has 0 amide bonds. The topological polar surface area (TPSA) is 38.6 Å². The Kier molecular flexibility index (Phi) is 1.74. The number of nitrogens with zero attached hydrogens (tertiary/aromatic N) is 1. The first-order valence-electron chi connectivity index (χ1n) is 5.36. The van der Waals surface area contributed by atoms with E-state index in [1.807, 2.05) is 10.6 Å². The first-order valence-corrected chi connectivity index (χ1v) is 5.36. The molecule has 3 heterocycles. The molecular formula is C11H15N2O+. The summed E-state index contributed by atoms with van der Waals surface area (Å²) in [5, 5.41) is 2.39. The van der Waals surface area contributed by atoms with Gasteiger partial charge in [-0.05, 0) is 12.5 Å². The minimum absolute atomic E-state index is 0.180. The maximum atomic E-state index is 11.6. The average molecular weight is 191 g/mol. The number of pyridine rings is 1. The Balaban J connectivity index is 2.15. The Morgan fingerprint density at radius 2 is 2.29 bits per heavy atom. The summed E-state index contributed by atoms with van der Waals surface area (Å²) in [4.78, 5) is 11.6. The van der Waals surface area contributed by atoms with E-state index < -0.39 is 0 Å². The van der Waals surface area contributed by atoms with E-state index in [4.69, 9.17) is 0 Å². The number of rotatable bonds is 0. The summed E-state index contributed by atoms with van der Waals surface area (Å²) in [5.74, 6) is 1.32. The molecule has 0 unspecified atom stereocenters. The SMILES string of the molecule is O=c1cccc2n1C[C@H]1C[NH2+]C[C@@H]2C1. The predicted molar refractivity (Wildman–Crippen MR) is 53.2 cm³/mol. The molecule has 0 saturated carbocycles. The first kappa shape index (κ1) is 8.24. The van der Waals surface area contributed by atoms with Crippen LogP contribution in [-0.4, -0.2) is 17.7 Å². The van der Waals surface area contributed by atoms with Gasteiger partial charge in [0.2, 0.25) is 0 Å². The van der Waals surface area contributed by atoms with Crippen LogP contribution in [0.15, 0.2) is 23.0 Å². The Labute approximate surface area is 82.8 Å². The van der Waals surface area contributed by atoms with Gasteiger partial charge in [0.15, 0.2) is 0 Å². The maximum Gasteiger partial charge on any atom is 0.250 e. The van der Waals surface area contributed by atoms with Crippen molar-refractivity contribution in [2.24, 2.45) is 5.92 Å². The molecule has 3 rings (SSSR count). The lowest BCUT2D eigenvalue weighted by molar-refractivity contribution is -0.673. The first-order chi connectivity index (χ1) is 6.84. The smallest absolute Gasteiger partial charge is 0.250 e. The predicted octanol–water partition coefficient (Wildman–Crippen LogP) is -0.471. The lowest BCUT2D eigenvalue weighted by atomic mass is 9.84. The summed E-state index contributed by atoms with van der Waals surface area (Å²) in [6.45, 7) is 3.28. The Bertz CT molecular complexity index is 410. The number of hydrogen-bond donors (Lipinski definition) is 1. The molecule has 2 aliphatic rings. The van der Waals surface area contributed by atoms with Crippen LogP contribution in [0.3, 0.4) is 0 Å². The number of aromatic nitrogens is 1. The molecule has 74 valence electrons. The fourth-order valence-electron chi connectivity index (χ4n) is 2.86. The van der Waals surface area contributed by atoms with Crippen molar-refractivity contribution in [3.05, 3.63) is 34.2 Å². The molecule has 2 N–H and O–H groups in total. The van der Waals surface area contributed by atoms with Gasteiger partial charge < -0.3 is 9.88 Å². The second-order valence-electron chi connectivity index (χ2n) is 4.46.